The van der Waals surface area contributed by atoms with Gasteiger partial charge in [-0.1, -0.05) is 39.7 Å². The minimum absolute atomic E-state index is 0.857. The molecule has 1 aromatic heterocycles. The maximum atomic E-state index is 4.59. The number of aromatic nitrogens is 1. The Hall–Kier alpha value is -1.35. The number of aryl methyl sites for hydroxylation is 2. The van der Waals surface area contributed by atoms with Crippen LogP contribution in [0.25, 0.3) is 0 Å². The van der Waals surface area contributed by atoms with Gasteiger partial charge in [0.15, 0.2) is 0 Å². The molecule has 3 heteroatoms. The van der Waals surface area contributed by atoms with Gasteiger partial charge in [-0.05, 0) is 43.0 Å². The summed E-state index contributed by atoms with van der Waals surface area (Å²) in [7, 11) is 0. The molecule has 2 nitrogen and oxygen atoms in total. The van der Waals surface area contributed by atoms with Crippen molar-refractivity contribution in [3.05, 3.63) is 53.2 Å². The quantitative estimate of drug-likeness (QED) is 0.765. The maximum Gasteiger partial charge on any atom is 0.132 e. The molecule has 0 spiro atoms. The Kier molecular flexibility index (Phi) is 3.56. The molecular weight excluding hydrogens is 300 g/mol. The van der Waals surface area contributed by atoms with Crippen LogP contribution < -0.4 is 4.90 Å². The molecule has 1 aliphatic rings. The van der Waals surface area contributed by atoms with Gasteiger partial charge in [-0.15, -0.1) is 0 Å². The summed E-state index contributed by atoms with van der Waals surface area (Å²) in [5.41, 5.74) is 5.31. The highest BCUT2D eigenvalue weighted by atomic mass is 79.9. The first-order chi connectivity index (χ1) is 9.28. The van der Waals surface area contributed by atoms with Crippen LogP contribution in [0.5, 0.6) is 0 Å². The molecule has 0 amide bonds. The van der Waals surface area contributed by atoms with Crippen molar-refractivity contribution in [2.75, 3.05) is 11.4 Å². The van der Waals surface area contributed by atoms with Crippen molar-refractivity contribution in [3.63, 3.8) is 0 Å². The van der Waals surface area contributed by atoms with E-state index in [2.05, 4.69) is 63.1 Å². The van der Waals surface area contributed by atoms with E-state index in [1.807, 2.05) is 6.20 Å². The molecule has 0 bridgehead atoms. The summed E-state index contributed by atoms with van der Waals surface area (Å²) in [6.07, 6.45) is 4.32. The van der Waals surface area contributed by atoms with Gasteiger partial charge in [0.05, 0.1) is 0 Å². The third kappa shape index (κ3) is 2.52. The van der Waals surface area contributed by atoms with Gasteiger partial charge < -0.3 is 4.90 Å². The minimum Gasteiger partial charge on any atom is -0.326 e. The molecule has 98 valence electrons. The van der Waals surface area contributed by atoms with Crippen LogP contribution in [0.1, 0.15) is 23.1 Å². The van der Waals surface area contributed by atoms with Crippen molar-refractivity contribution >= 4 is 27.4 Å². The summed E-state index contributed by atoms with van der Waals surface area (Å²) in [5, 5.41) is 0.857. The Labute approximate surface area is 122 Å². The van der Waals surface area contributed by atoms with Crippen molar-refractivity contribution in [1.82, 2.24) is 4.98 Å². The van der Waals surface area contributed by atoms with E-state index in [0.29, 0.717) is 0 Å². The summed E-state index contributed by atoms with van der Waals surface area (Å²) in [4.78, 5) is 6.92. The number of alkyl halides is 1. The highest BCUT2D eigenvalue weighted by molar-refractivity contribution is 9.08. The molecular formula is C16H17BrN2. The number of fused-ring (bicyclic) bond motifs is 1. The lowest BCUT2D eigenvalue weighted by Crippen LogP contribution is -2.25. The summed E-state index contributed by atoms with van der Waals surface area (Å²) in [6.45, 7) is 3.21. The molecule has 1 aromatic carbocycles. The van der Waals surface area contributed by atoms with Crippen molar-refractivity contribution in [3.8, 4) is 0 Å². The number of hydrogen-bond donors (Lipinski definition) is 0. The molecule has 0 atom stereocenters. The van der Waals surface area contributed by atoms with Crippen molar-refractivity contribution in [2.45, 2.75) is 25.1 Å². The second-order valence-electron chi connectivity index (χ2n) is 5.05. The molecule has 0 saturated carbocycles. The Balaban J connectivity index is 1.98. The standard InChI is InChI=1S/C16H17BrN2/c1-12-4-6-15-14(9-12)3-2-8-19(15)16-7-5-13(10-17)11-18-16/h4-7,9,11H,2-3,8,10H2,1H3. The first-order valence-electron chi connectivity index (χ1n) is 6.66. The monoisotopic (exact) mass is 316 g/mol. The zero-order valence-electron chi connectivity index (χ0n) is 11.1. The molecule has 0 saturated heterocycles. The van der Waals surface area contributed by atoms with E-state index < -0.39 is 0 Å². The van der Waals surface area contributed by atoms with Gasteiger partial charge in [-0.3, -0.25) is 0 Å². The number of benzene rings is 1. The first-order valence-corrected chi connectivity index (χ1v) is 7.78. The summed E-state index contributed by atoms with van der Waals surface area (Å²) in [5.74, 6) is 1.05. The largest absolute Gasteiger partial charge is 0.326 e. The van der Waals surface area contributed by atoms with E-state index in [9.17, 15) is 0 Å². The fourth-order valence-electron chi connectivity index (χ4n) is 2.62. The molecule has 3 rings (SSSR count). The van der Waals surface area contributed by atoms with E-state index in [1.165, 1.54) is 35.2 Å². The minimum atomic E-state index is 0.857. The van der Waals surface area contributed by atoms with Crippen LogP contribution >= 0.6 is 15.9 Å². The smallest absolute Gasteiger partial charge is 0.132 e. The fourth-order valence-corrected chi connectivity index (χ4v) is 2.95. The van der Waals surface area contributed by atoms with Gasteiger partial charge in [0.2, 0.25) is 0 Å². The van der Waals surface area contributed by atoms with Crippen LogP contribution in [0.15, 0.2) is 36.5 Å². The molecule has 0 unspecified atom stereocenters. The van der Waals surface area contributed by atoms with Gasteiger partial charge in [-0.2, -0.15) is 0 Å². The van der Waals surface area contributed by atoms with Crippen molar-refractivity contribution in [2.24, 2.45) is 0 Å². The van der Waals surface area contributed by atoms with Crippen LogP contribution in [0, 0.1) is 6.92 Å². The number of nitrogens with zero attached hydrogens (tertiary/aromatic N) is 2. The van der Waals surface area contributed by atoms with Crippen molar-refractivity contribution < 1.29 is 0 Å². The lowest BCUT2D eigenvalue weighted by atomic mass is 9.99. The predicted octanol–water partition coefficient (Wildman–Crippen LogP) is 4.37. The third-order valence-electron chi connectivity index (χ3n) is 3.59. The molecule has 2 heterocycles. The highest BCUT2D eigenvalue weighted by Crippen LogP contribution is 2.32. The Bertz CT molecular complexity index is 578. The average molecular weight is 317 g/mol. The van der Waals surface area contributed by atoms with Gasteiger partial charge in [0, 0.05) is 23.8 Å². The Morgan fingerprint density at radius 3 is 2.89 bits per heavy atom. The highest BCUT2D eigenvalue weighted by Gasteiger charge is 2.18. The Morgan fingerprint density at radius 2 is 2.16 bits per heavy atom. The number of rotatable bonds is 2. The van der Waals surface area contributed by atoms with E-state index in [-0.39, 0.29) is 0 Å². The van der Waals surface area contributed by atoms with Gasteiger partial charge in [0.25, 0.3) is 0 Å². The summed E-state index contributed by atoms with van der Waals surface area (Å²) >= 11 is 3.46. The number of hydrogen-bond acceptors (Lipinski definition) is 2. The molecule has 19 heavy (non-hydrogen) atoms. The van der Waals surface area contributed by atoms with E-state index >= 15 is 0 Å². The summed E-state index contributed by atoms with van der Waals surface area (Å²) in [6, 6.07) is 11.0. The van der Waals surface area contributed by atoms with E-state index in [1.54, 1.807) is 0 Å². The van der Waals surface area contributed by atoms with E-state index in [4.69, 9.17) is 0 Å². The molecule has 0 N–H and O–H groups in total. The third-order valence-corrected chi connectivity index (χ3v) is 4.24. The van der Waals surface area contributed by atoms with Gasteiger partial charge in [-0.25, -0.2) is 4.98 Å². The molecule has 0 radical (unpaired) electrons. The number of pyridine rings is 1. The zero-order chi connectivity index (χ0) is 13.2. The molecule has 0 aliphatic carbocycles. The molecule has 2 aromatic rings. The van der Waals surface area contributed by atoms with Gasteiger partial charge in [0.1, 0.15) is 5.82 Å². The van der Waals surface area contributed by atoms with Crippen molar-refractivity contribution in [1.29, 1.82) is 0 Å². The number of halogens is 1. The normalized spacial score (nSPS) is 14.3. The van der Waals surface area contributed by atoms with Crippen LogP contribution in [-0.4, -0.2) is 11.5 Å². The van der Waals surface area contributed by atoms with Crippen LogP contribution in [0.2, 0.25) is 0 Å². The van der Waals surface area contributed by atoms with E-state index in [0.717, 1.165) is 17.7 Å². The molecule has 1 aliphatic heterocycles. The SMILES string of the molecule is Cc1ccc2c(c1)CCCN2c1ccc(CBr)cn1. The van der Waals surface area contributed by atoms with Crippen LogP contribution in [0.4, 0.5) is 11.5 Å². The fraction of sp³-hybridized carbons (Fsp3) is 0.312. The second kappa shape index (κ2) is 5.33. The number of anilines is 2. The van der Waals surface area contributed by atoms with Crippen LogP contribution in [0.3, 0.4) is 0 Å². The van der Waals surface area contributed by atoms with Crippen LogP contribution in [-0.2, 0) is 11.8 Å². The topological polar surface area (TPSA) is 16.1 Å². The zero-order valence-corrected chi connectivity index (χ0v) is 12.7. The summed E-state index contributed by atoms with van der Waals surface area (Å²) < 4.78 is 0. The first kappa shape index (κ1) is 12.7. The maximum absolute atomic E-state index is 4.59. The second-order valence-corrected chi connectivity index (χ2v) is 5.61. The average Bonchev–Trinajstić information content (AvgIpc) is 2.46. The predicted molar refractivity (Wildman–Crippen MR) is 83.4 cm³/mol. The lowest BCUT2D eigenvalue weighted by Gasteiger charge is -2.30. The molecule has 0 fully saturated rings. The van der Waals surface area contributed by atoms with Gasteiger partial charge >= 0.3 is 0 Å². The lowest BCUT2D eigenvalue weighted by molar-refractivity contribution is 0.758. The Morgan fingerprint density at radius 1 is 1.26 bits per heavy atom.